The molecule has 4 rings (SSSR count). The summed E-state index contributed by atoms with van der Waals surface area (Å²) in [6.45, 7) is 17.6. The van der Waals surface area contributed by atoms with Crippen molar-refractivity contribution in [1.82, 2.24) is 3.97 Å². The minimum absolute atomic E-state index is 0.257. The second-order valence-corrected chi connectivity index (χ2v) is 19.6. The van der Waals surface area contributed by atoms with Gasteiger partial charge in [-0.15, -0.1) is 0 Å². The molecule has 224 valence electrons. The van der Waals surface area contributed by atoms with E-state index < -0.39 is 18.3 Å². The van der Waals surface area contributed by atoms with E-state index in [9.17, 15) is 13.2 Å². The number of hydrogen-bond acceptors (Lipinski definition) is 4. The molecule has 42 heavy (non-hydrogen) atoms. The predicted octanol–water partition coefficient (Wildman–Crippen LogP) is 9.36. The maximum atomic E-state index is 14.2. The van der Waals surface area contributed by atoms with Crippen LogP contribution in [0.25, 0.3) is 21.8 Å². The summed E-state index contributed by atoms with van der Waals surface area (Å²) in [6.07, 6.45) is 4.86. The molecule has 0 aliphatic carbocycles. The molecule has 0 aliphatic rings. The van der Waals surface area contributed by atoms with Crippen molar-refractivity contribution < 1.29 is 17.6 Å². The molecule has 0 saturated heterocycles. The number of aldehydes is 1. The quantitative estimate of drug-likeness (QED) is 0.0919. The van der Waals surface area contributed by atoms with Gasteiger partial charge < -0.3 is 9.22 Å². The predicted molar refractivity (Wildman–Crippen MR) is 178 cm³/mol. The number of aryl methyl sites for hydroxylation is 1. The highest BCUT2D eigenvalue weighted by Gasteiger charge is 2.47. The van der Waals surface area contributed by atoms with E-state index in [1.54, 1.807) is 12.1 Å². The normalized spacial score (nSPS) is 13.2. The van der Waals surface area contributed by atoms with E-state index in [0.717, 1.165) is 39.5 Å². The average Bonchev–Trinajstić information content (AvgIpc) is 3.28. The maximum Gasteiger partial charge on any atom is 0.268 e. The molecule has 0 atom stereocenters. The van der Waals surface area contributed by atoms with Crippen molar-refractivity contribution in [3.8, 4) is 5.75 Å². The second-order valence-electron chi connectivity index (χ2n) is 12.4. The van der Waals surface area contributed by atoms with Gasteiger partial charge >= 0.3 is 0 Å². The molecule has 0 fully saturated rings. The Labute approximate surface area is 252 Å². The highest BCUT2D eigenvalue weighted by Crippen LogP contribution is 2.46. The monoisotopic (exact) mass is 603 g/mol. The fraction of sp³-hybridized carbons (Fsp3) is 0.400. The third-order valence-corrected chi connectivity index (χ3v) is 16.5. The van der Waals surface area contributed by atoms with Crippen LogP contribution in [0.4, 0.5) is 0 Å². The van der Waals surface area contributed by atoms with E-state index in [-0.39, 0.29) is 4.90 Å². The van der Waals surface area contributed by atoms with E-state index >= 15 is 0 Å². The van der Waals surface area contributed by atoms with E-state index in [2.05, 4.69) is 47.6 Å². The van der Waals surface area contributed by atoms with Gasteiger partial charge in [0.15, 0.2) is 0 Å². The van der Waals surface area contributed by atoms with Gasteiger partial charge in [0.1, 0.15) is 12.0 Å². The van der Waals surface area contributed by atoms with Crippen LogP contribution in [-0.4, -0.2) is 27.0 Å². The van der Waals surface area contributed by atoms with Gasteiger partial charge in [-0.3, -0.25) is 0 Å². The van der Waals surface area contributed by atoms with E-state index in [4.69, 9.17) is 4.43 Å². The first-order valence-electron chi connectivity index (χ1n) is 15.0. The molecule has 0 saturated carbocycles. The van der Waals surface area contributed by atoms with Gasteiger partial charge in [-0.05, 0) is 73.6 Å². The smallest absolute Gasteiger partial charge is 0.268 e. The van der Waals surface area contributed by atoms with Gasteiger partial charge in [-0.1, -0.05) is 89.1 Å². The van der Waals surface area contributed by atoms with Gasteiger partial charge in [-0.2, -0.15) is 0 Å². The molecular weight excluding hydrogens is 559 g/mol. The number of para-hydroxylation sites is 1. The number of fused-ring (bicyclic) bond motifs is 3. The lowest BCUT2D eigenvalue weighted by Gasteiger charge is -2.42. The number of rotatable bonds is 12. The molecule has 0 radical (unpaired) electrons. The van der Waals surface area contributed by atoms with Crippen molar-refractivity contribution in [3.63, 3.8) is 0 Å². The zero-order chi connectivity index (χ0) is 30.8. The molecule has 0 amide bonds. The topological polar surface area (TPSA) is 65.4 Å². The van der Waals surface area contributed by atoms with Crippen LogP contribution in [0.2, 0.25) is 16.6 Å². The molecule has 0 aliphatic heterocycles. The summed E-state index contributed by atoms with van der Waals surface area (Å²) < 4.78 is 37.2. The Morgan fingerprint density at radius 2 is 1.50 bits per heavy atom. The summed E-state index contributed by atoms with van der Waals surface area (Å²) in [7, 11) is -6.20. The summed E-state index contributed by atoms with van der Waals surface area (Å²) in [5, 5.41) is 1.78. The fourth-order valence-electron chi connectivity index (χ4n) is 6.66. The van der Waals surface area contributed by atoms with E-state index in [1.807, 2.05) is 62.4 Å². The van der Waals surface area contributed by atoms with Gasteiger partial charge in [0.05, 0.1) is 15.9 Å². The largest absolute Gasteiger partial charge is 0.542 e. The van der Waals surface area contributed by atoms with E-state index in [0.29, 0.717) is 46.9 Å². The van der Waals surface area contributed by atoms with Crippen molar-refractivity contribution in [2.24, 2.45) is 0 Å². The van der Waals surface area contributed by atoms with Crippen LogP contribution in [0.1, 0.15) is 72.4 Å². The van der Waals surface area contributed by atoms with Crippen LogP contribution in [0.15, 0.2) is 77.2 Å². The first kappa shape index (κ1) is 31.8. The number of allylic oxidation sites excluding steroid dienone is 2. The molecule has 5 nitrogen and oxygen atoms in total. The molecule has 0 bridgehead atoms. The van der Waals surface area contributed by atoms with Crippen LogP contribution >= 0.6 is 0 Å². The number of aromatic nitrogens is 1. The molecule has 0 N–H and O–H groups in total. The SMILES string of the molecule is C/C(=C\Cc1c(O[Si](C(C)C)(C(C)C)C(C)C)ccc2c1c1ccccc1n2S(=O)(=O)c1ccc(C)cc1)CCC=O. The number of carbonyl (C=O) groups is 1. The Bertz CT molecular complexity index is 1690. The zero-order valence-corrected chi connectivity index (χ0v) is 28.1. The van der Waals surface area contributed by atoms with Crippen molar-refractivity contribution in [3.05, 3.63) is 83.4 Å². The molecule has 3 aromatic carbocycles. The Morgan fingerprint density at radius 1 is 0.881 bits per heavy atom. The molecule has 1 heterocycles. The fourth-order valence-corrected chi connectivity index (χ4v) is 13.5. The summed E-state index contributed by atoms with van der Waals surface area (Å²) in [5.74, 6) is 0.834. The Hall–Kier alpha value is -3.16. The Kier molecular flexibility index (Phi) is 9.53. The van der Waals surface area contributed by atoms with Crippen LogP contribution in [0.3, 0.4) is 0 Å². The highest BCUT2D eigenvalue weighted by molar-refractivity contribution is 7.90. The molecular formula is C35H45NO4SSi. The van der Waals surface area contributed by atoms with Gasteiger partial charge in [-0.25, -0.2) is 12.4 Å². The number of carbonyl (C=O) groups excluding carboxylic acids is 1. The number of nitrogens with zero attached hydrogens (tertiary/aromatic N) is 1. The summed E-state index contributed by atoms with van der Waals surface area (Å²) >= 11 is 0. The van der Waals surface area contributed by atoms with Crippen LogP contribution in [-0.2, 0) is 21.2 Å². The Morgan fingerprint density at radius 3 is 2.10 bits per heavy atom. The van der Waals surface area contributed by atoms with Crippen molar-refractivity contribution >= 4 is 46.4 Å². The molecule has 7 heteroatoms. The van der Waals surface area contributed by atoms with Crippen LogP contribution in [0, 0.1) is 6.92 Å². The van der Waals surface area contributed by atoms with Crippen LogP contribution < -0.4 is 4.43 Å². The molecule has 1 aromatic heterocycles. The Balaban J connectivity index is 2.07. The number of hydrogen-bond donors (Lipinski definition) is 0. The summed E-state index contributed by atoms with van der Waals surface area (Å²) in [5.41, 5.74) is 5.56. The second kappa shape index (κ2) is 12.6. The summed E-state index contributed by atoms with van der Waals surface area (Å²) in [6, 6.07) is 18.7. The van der Waals surface area contributed by atoms with Crippen molar-refractivity contribution in [2.45, 2.75) is 96.2 Å². The molecule has 4 aromatic rings. The standard InChI is InChI=1S/C35H45NO4SSi/c1-24(2)42(25(3)4,26(5)6)40-34-22-21-33-35(31(34)20-17-27(7)12-11-23-37)30-13-9-10-14-32(30)36(33)41(38,39)29-18-15-28(8)16-19-29/h9-10,13-19,21-26H,11-12,20H2,1-8H3/b27-17+. The zero-order valence-electron chi connectivity index (χ0n) is 26.3. The lowest BCUT2D eigenvalue weighted by atomic mass is 10.0. The van der Waals surface area contributed by atoms with Gasteiger partial charge in [0, 0.05) is 22.8 Å². The average molecular weight is 604 g/mol. The molecule has 0 unspecified atom stereocenters. The third-order valence-electron chi connectivity index (χ3n) is 8.72. The highest BCUT2D eigenvalue weighted by atomic mass is 32.2. The maximum absolute atomic E-state index is 14.2. The van der Waals surface area contributed by atoms with Crippen molar-refractivity contribution in [2.75, 3.05) is 0 Å². The van der Waals surface area contributed by atoms with E-state index in [1.165, 1.54) is 3.97 Å². The van der Waals surface area contributed by atoms with Gasteiger partial charge in [0.2, 0.25) is 0 Å². The first-order chi connectivity index (χ1) is 19.9. The lowest BCUT2D eigenvalue weighted by Crippen LogP contribution is -2.50. The van der Waals surface area contributed by atoms with Crippen molar-refractivity contribution in [1.29, 1.82) is 0 Å². The lowest BCUT2D eigenvalue weighted by molar-refractivity contribution is -0.107. The molecule has 0 spiro atoms. The number of benzene rings is 3. The first-order valence-corrected chi connectivity index (χ1v) is 18.6. The summed E-state index contributed by atoms with van der Waals surface area (Å²) in [4.78, 5) is 11.3. The minimum atomic E-state index is -3.88. The van der Waals surface area contributed by atoms with Crippen LogP contribution in [0.5, 0.6) is 5.75 Å². The van der Waals surface area contributed by atoms with Gasteiger partial charge in [0.25, 0.3) is 18.3 Å². The minimum Gasteiger partial charge on any atom is -0.542 e. The third kappa shape index (κ3) is 5.73.